The average Bonchev–Trinajstić information content (AvgIpc) is 2.56. The first-order chi connectivity index (χ1) is 6.79. The SMILES string of the molecule is CCNCc1cc2cc(Br)ccc2s1. The molecule has 14 heavy (non-hydrogen) atoms. The van der Waals surface area contributed by atoms with E-state index in [0.717, 1.165) is 17.6 Å². The van der Waals surface area contributed by atoms with Gasteiger partial charge in [0.25, 0.3) is 0 Å². The average molecular weight is 270 g/mol. The Morgan fingerprint density at radius 3 is 3.00 bits per heavy atom. The molecule has 3 heteroatoms. The van der Waals surface area contributed by atoms with Gasteiger partial charge >= 0.3 is 0 Å². The molecule has 0 spiro atoms. The lowest BCUT2D eigenvalue weighted by Crippen LogP contribution is -2.10. The maximum atomic E-state index is 3.48. The topological polar surface area (TPSA) is 12.0 Å². The van der Waals surface area contributed by atoms with Crippen molar-refractivity contribution in [1.29, 1.82) is 0 Å². The van der Waals surface area contributed by atoms with Crippen LogP contribution in [0.5, 0.6) is 0 Å². The first-order valence-electron chi connectivity index (χ1n) is 4.68. The zero-order chi connectivity index (χ0) is 9.97. The molecule has 1 aromatic carbocycles. The molecule has 0 radical (unpaired) electrons. The number of halogens is 1. The van der Waals surface area contributed by atoms with Gasteiger partial charge in [0.2, 0.25) is 0 Å². The van der Waals surface area contributed by atoms with Crippen molar-refractivity contribution in [1.82, 2.24) is 5.32 Å². The Kier molecular flexibility index (Phi) is 3.21. The normalized spacial score (nSPS) is 11.0. The van der Waals surface area contributed by atoms with Gasteiger partial charge in [0.15, 0.2) is 0 Å². The van der Waals surface area contributed by atoms with Gasteiger partial charge in [-0.1, -0.05) is 22.9 Å². The van der Waals surface area contributed by atoms with Crippen LogP contribution in [-0.2, 0) is 6.54 Å². The largest absolute Gasteiger partial charge is 0.312 e. The molecule has 74 valence electrons. The maximum Gasteiger partial charge on any atom is 0.0346 e. The predicted octanol–water partition coefficient (Wildman–Crippen LogP) is 3.77. The van der Waals surface area contributed by atoms with Gasteiger partial charge < -0.3 is 5.32 Å². The van der Waals surface area contributed by atoms with Crippen LogP contribution in [0.15, 0.2) is 28.7 Å². The molecule has 1 nitrogen and oxygen atoms in total. The summed E-state index contributed by atoms with van der Waals surface area (Å²) in [6.07, 6.45) is 0. The van der Waals surface area contributed by atoms with Crippen LogP contribution in [-0.4, -0.2) is 6.54 Å². The summed E-state index contributed by atoms with van der Waals surface area (Å²) >= 11 is 5.35. The van der Waals surface area contributed by atoms with Crippen LogP contribution >= 0.6 is 27.3 Å². The quantitative estimate of drug-likeness (QED) is 0.895. The molecule has 0 fully saturated rings. The predicted molar refractivity (Wildman–Crippen MR) is 66.9 cm³/mol. The van der Waals surface area contributed by atoms with Crippen molar-refractivity contribution >= 4 is 37.4 Å². The fourth-order valence-electron chi connectivity index (χ4n) is 1.40. The van der Waals surface area contributed by atoms with Gasteiger partial charge in [0.05, 0.1) is 0 Å². The third-order valence-corrected chi connectivity index (χ3v) is 3.69. The van der Waals surface area contributed by atoms with Crippen molar-refractivity contribution in [3.8, 4) is 0 Å². The van der Waals surface area contributed by atoms with Crippen molar-refractivity contribution < 1.29 is 0 Å². The van der Waals surface area contributed by atoms with E-state index in [1.54, 1.807) is 0 Å². The summed E-state index contributed by atoms with van der Waals surface area (Å²) in [5, 5.41) is 4.67. The number of fused-ring (bicyclic) bond motifs is 1. The standard InChI is InChI=1S/C11H12BrNS/c1-2-13-7-10-6-8-5-9(12)3-4-11(8)14-10/h3-6,13H,2,7H2,1H3. The Bertz CT molecular complexity index is 436. The first-order valence-corrected chi connectivity index (χ1v) is 6.29. The Hall–Kier alpha value is -0.380. The molecule has 1 heterocycles. The molecule has 0 unspecified atom stereocenters. The monoisotopic (exact) mass is 269 g/mol. The molecular weight excluding hydrogens is 258 g/mol. The second kappa shape index (κ2) is 4.43. The van der Waals surface area contributed by atoms with E-state index in [1.807, 2.05) is 11.3 Å². The zero-order valence-corrected chi connectivity index (χ0v) is 10.4. The highest BCUT2D eigenvalue weighted by Crippen LogP contribution is 2.27. The molecule has 1 aromatic heterocycles. The zero-order valence-electron chi connectivity index (χ0n) is 8.01. The van der Waals surface area contributed by atoms with Crippen molar-refractivity contribution in [2.24, 2.45) is 0 Å². The van der Waals surface area contributed by atoms with Gasteiger partial charge in [-0.3, -0.25) is 0 Å². The van der Waals surface area contributed by atoms with E-state index in [-0.39, 0.29) is 0 Å². The van der Waals surface area contributed by atoms with E-state index < -0.39 is 0 Å². The second-order valence-corrected chi connectivity index (χ2v) is 5.26. The van der Waals surface area contributed by atoms with Crippen LogP contribution in [0.2, 0.25) is 0 Å². The fourth-order valence-corrected chi connectivity index (χ4v) is 2.80. The summed E-state index contributed by atoms with van der Waals surface area (Å²) in [6, 6.07) is 8.68. The Balaban J connectivity index is 2.32. The summed E-state index contributed by atoms with van der Waals surface area (Å²) in [6.45, 7) is 4.13. The highest BCUT2D eigenvalue weighted by atomic mass is 79.9. The van der Waals surface area contributed by atoms with E-state index in [1.165, 1.54) is 15.0 Å². The van der Waals surface area contributed by atoms with Gasteiger partial charge in [0.1, 0.15) is 0 Å². The van der Waals surface area contributed by atoms with E-state index in [4.69, 9.17) is 0 Å². The third kappa shape index (κ3) is 2.16. The molecule has 0 amide bonds. The van der Waals surface area contributed by atoms with E-state index in [9.17, 15) is 0 Å². The van der Waals surface area contributed by atoms with Crippen molar-refractivity contribution in [2.45, 2.75) is 13.5 Å². The number of hydrogen-bond donors (Lipinski definition) is 1. The number of rotatable bonds is 3. The van der Waals surface area contributed by atoms with Gasteiger partial charge in [-0.25, -0.2) is 0 Å². The van der Waals surface area contributed by atoms with Gasteiger partial charge in [-0.15, -0.1) is 11.3 Å². The van der Waals surface area contributed by atoms with Gasteiger partial charge in [0, 0.05) is 20.6 Å². The lowest BCUT2D eigenvalue weighted by atomic mass is 10.2. The summed E-state index contributed by atoms with van der Waals surface area (Å²) in [4.78, 5) is 1.40. The Morgan fingerprint density at radius 2 is 2.21 bits per heavy atom. The second-order valence-electron chi connectivity index (χ2n) is 3.18. The molecule has 0 bridgehead atoms. The van der Waals surface area contributed by atoms with Gasteiger partial charge in [-0.05, 0) is 36.2 Å². The van der Waals surface area contributed by atoms with E-state index in [0.29, 0.717) is 0 Å². The van der Waals surface area contributed by atoms with Crippen molar-refractivity contribution in [2.75, 3.05) is 6.54 Å². The minimum Gasteiger partial charge on any atom is -0.312 e. The fraction of sp³-hybridized carbons (Fsp3) is 0.273. The number of benzene rings is 1. The molecule has 0 saturated heterocycles. The number of thiophene rings is 1. The lowest BCUT2D eigenvalue weighted by Gasteiger charge is -1.94. The molecule has 0 aliphatic heterocycles. The summed E-state index contributed by atoms with van der Waals surface area (Å²) in [7, 11) is 0. The molecule has 0 aliphatic carbocycles. The van der Waals surface area contributed by atoms with Crippen LogP contribution in [0.3, 0.4) is 0 Å². The molecule has 2 aromatic rings. The van der Waals surface area contributed by atoms with Crippen molar-refractivity contribution in [3.05, 3.63) is 33.6 Å². The molecule has 2 rings (SSSR count). The summed E-state index contributed by atoms with van der Waals surface area (Å²) in [5.41, 5.74) is 0. The Labute approximate surface area is 96.3 Å². The van der Waals surface area contributed by atoms with Crippen LogP contribution < -0.4 is 5.32 Å². The highest BCUT2D eigenvalue weighted by Gasteiger charge is 2.01. The number of nitrogens with one attached hydrogen (secondary N) is 1. The first kappa shape index (κ1) is 10.1. The summed E-state index contributed by atoms with van der Waals surface area (Å²) < 4.78 is 2.51. The van der Waals surface area contributed by atoms with Gasteiger partial charge in [-0.2, -0.15) is 0 Å². The number of hydrogen-bond acceptors (Lipinski definition) is 2. The lowest BCUT2D eigenvalue weighted by molar-refractivity contribution is 0.736. The van der Waals surface area contributed by atoms with Crippen LogP contribution in [0, 0.1) is 0 Å². The summed E-state index contributed by atoms with van der Waals surface area (Å²) in [5.74, 6) is 0. The smallest absolute Gasteiger partial charge is 0.0346 e. The minimum absolute atomic E-state index is 0.980. The van der Waals surface area contributed by atoms with Crippen LogP contribution in [0.25, 0.3) is 10.1 Å². The molecule has 0 aliphatic rings. The Morgan fingerprint density at radius 1 is 1.36 bits per heavy atom. The van der Waals surface area contributed by atoms with E-state index >= 15 is 0 Å². The highest BCUT2D eigenvalue weighted by molar-refractivity contribution is 9.10. The molecule has 1 N–H and O–H groups in total. The molecule has 0 atom stereocenters. The maximum absolute atomic E-state index is 3.48. The van der Waals surface area contributed by atoms with Crippen LogP contribution in [0.4, 0.5) is 0 Å². The molecule has 0 saturated carbocycles. The van der Waals surface area contributed by atoms with E-state index in [2.05, 4.69) is 52.4 Å². The van der Waals surface area contributed by atoms with Crippen LogP contribution in [0.1, 0.15) is 11.8 Å². The van der Waals surface area contributed by atoms with Crippen molar-refractivity contribution in [3.63, 3.8) is 0 Å². The minimum atomic E-state index is 0.980. The molecular formula is C11H12BrNS. The third-order valence-electron chi connectivity index (χ3n) is 2.08.